The minimum Gasteiger partial charge on any atom is -0.388 e. The number of hydrogen-bond acceptors (Lipinski definition) is 4. The molecule has 1 aliphatic carbocycles. The predicted molar refractivity (Wildman–Crippen MR) is 89.5 cm³/mol. The molecule has 0 radical (unpaired) electrons. The maximum absolute atomic E-state index is 10.7. The Morgan fingerprint density at radius 2 is 2.14 bits per heavy atom. The second kappa shape index (κ2) is 6.21. The smallest absolute Gasteiger partial charge is 0.137 e. The maximum Gasteiger partial charge on any atom is 0.137 e. The highest BCUT2D eigenvalue weighted by Crippen LogP contribution is 2.32. The number of rotatable bonds is 3. The largest absolute Gasteiger partial charge is 0.388 e. The van der Waals surface area contributed by atoms with Crippen LogP contribution in [0.5, 0.6) is 0 Å². The van der Waals surface area contributed by atoms with Crippen molar-refractivity contribution in [1.29, 1.82) is 0 Å². The molecule has 21 heavy (non-hydrogen) atoms. The van der Waals surface area contributed by atoms with E-state index in [2.05, 4.69) is 58.9 Å². The first-order valence-corrected chi connectivity index (χ1v) is 8.49. The lowest BCUT2D eigenvalue weighted by atomic mass is 9.79. The second-order valence-corrected chi connectivity index (χ2v) is 8.24. The fourth-order valence-corrected chi connectivity index (χ4v) is 3.28. The predicted octanol–water partition coefficient (Wildman–Crippen LogP) is 3.89. The lowest BCUT2D eigenvalue weighted by Crippen LogP contribution is -2.41. The normalized spacial score (nSPS) is 26.7. The van der Waals surface area contributed by atoms with Crippen molar-refractivity contribution in [3.8, 4) is 0 Å². The van der Waals surface area contributed by atoms with Crippen molar-refractivity contribution >= 4 is 21.7 Å². The maximum atomic E-state index is 10.7. The average molecular weight is 356 g/mol. The van der Waals surface area contributed by atoms with Gasteiger partial charge in [-0.25, -0.2) is 9.97 Å². The first kappa shape index (κ1) is 16.7. The summed E-state index contributed by atoms with van der Waals surface area (Å²) in [5.41, 5.74) is -0.715. The molecule has 4 nitrogen and oxygen atoms in total. The molecule has 1 saturated carbocycles. The van der Waals surface area contributed by atoms with Crippen LogP contribution in [0, 0.1) is 5.92 Å². The van der Waals surface area contributed by atoms with Crippen molar-refractivity contribution in [3.05, 3.63) is 16.5 Å². The van der Waals surface area contributed by atoms with E-state index in [0.29, 0.717) is 12.5 Å². The molecule has 0 amide bonds. The van der Waals surface area contributed by atoms with Crippen LogP contribution < -0.4 is 5.32 Å². The van der Waals surface area contributed by atoms with Gasteiger partial charge in [0.25, 0.3) is 0 Å². The molecule has 0 spiro atoms. The van der Waals surface area contributed by atoms with Crippen LogP contribution in [0.25, 0.3) is 0 Å². The van der Waals surface area contributed by atoms with Crippen molar-refractivity contribution in [3.63, 3.8) is 0 Å². The van der Waals surface area contributed by atoms with Crippen LogP contribution in [-0.2, 0) is 5.41 Å². The summed E-state index contributed by atoms with van der Waals surface area (Å²) in [6.45, 7) is 9.03. The van der Waals surface area contributed by atoms with Crippen LogP contribution in [0.1, 0.15) is 59.2 Å². The molecule has 5 heteroatoms. The van der Waals surface area contributed by atoms with Gasteiger partial charge >= 0.3 is 0 Å². The van der Waals surface area contributed by atoms with Gasteiger partial charge in [0.1, 0.15) is 16.2 Å². The van der Waals surface area contributed by atoms with Gasteiger partial charge in [-0.15, -0.1) is 0 Å². The zero-order chi connectivity index (χ0) is 15.7. The lowest BCUT2D eigenvalue weighted by molar-refractivity contribution is -0.000834. The third-order valence-corrected chi connectivity index (χ3v) is 4.44. The Morgan fingerprint density at radius 3 is 2.76 bits per heavy atom. The van der Waals surface area contributed by atoms with Crippen LogP contribution >= 0.6 is 15.9 Å². The van der Waals surface area contributed by atoms with E-state index >= 15 is 0 Å². The summed E-state index contributed by atoms with van der Waals surface area (Å²) in [7, 11) is 0. The molecular formula is C16H26BrN3O. The van der Waals surface area contributed by atoms with Crippen LogP contribution in [0.3, 0.4) is 0 Å². The van der Waals surface area contributed by atoms with Gasteiger partial charge in [0.15, 0.2) is 0 Å². The Balaban J connectivity index is 2.08. The number of nitrogens with zero attached hydrogens (tertiary/aromatic N) is 2. The minimum absolute atomic E-state index is 0.101. The standard InChI is InChI=1S/C16H26BrN3O/c1-11-6-5-7-16(21,9-11)10-18-13-8-12(17)19-14(20-13)15(2,3)4/h8,11,21H,5-7,9-10H2,1-4H3,(H,18,19,20). The molecule has 0 aliphatic heterocycles. The summed E-state index contributed by atoms with van der Waals surface area (Å²) in [6.07, 6.45) is 4.04. The first-order valence-electron chi connectivity index (χ1n) is 7.69. The summed E-state index contributed by atoms with van der Waals surface area (Å²) in [5.74, 6) is 2.16. The highest BCUT2D eigenvalue weighted by molar-refractivity contribution is 9.10. The number of hydrogen-bond donors (Lipinski definition) is 2. The number of anilines is 1. The van der Waals surface area contributed by atoms with E-state index in [1.165, 1.54) is 6.42 Å². The molecule has 1 heterocycles. The summed E-state index contributed by atoms with van der Waals surface area (Å²) < 4.78 is 0.772. The molecule has 0 bridgehead atoms. The van der Waals surface area contributed by atoms with Gasteiger partial charge in [-0.1, -0.05) is 40.5 Å². The van der Waals surface area contributed by atoms with Gasteiger partial charge in [0.2, 0.25) is 0 Å². The van der Waals surface area contributed by atoms with E-state index < -0.39 is 5.60 Å². The number of aromatic nitrogens is 2. The fraction of sp³-hybridized carbons (Fsp3) is 0.750. The van der Waals surface area contributed by atoms with Gasteiger partial charge in [-0.3, -0.25) is 0 Å². The zero-order valence-electron chi connectivity index (χ0n) is 13.4. The summed E-state index contributed by atoms with van der Waals surface area (Å²) in [5, 5.41) is 14.0. The van der Waals surface area contributed by atoms with Gasteiger partial charge < -0.3 is 10.4 Å². The van der Waals surface area contributed by atoms with E-state index in [-0.39, 0.29) is 5.41 Å². The van der Waals surface area contributed by atoms with Gasteiger partial charge in [0, 0.05) is 18.0 Å². The monoisotopic (exact) mass is 355 g/mol. The molecule has 0 aromatic carbocycles. The highest BCUT2D eigenvalue weighted by atomic mass is 79.9. The zero-order valence-corrected chi connectivity index (χ0v) is 15.0. The number of nitrogens with one attached hydrogen (secondary N) is 1. The molecule has 1 aromatic rings. The molecule has 118 valence electrons. The van der Waals surface area contributed by atoms with Crippen molar-refractivity contribution in [2.75, 3.05) is 11.9 Å². The summed E-state index contributed by atoms with van der Waals surface area (Å²) >= 11 is 3.44. The van der Waals surface area contributed by atoms with Gasteiger partial charge in [0.05, 0.1) is 5.60 Å². The first-order chi connectivity index (χ1) is 9.68. The SMILES string of the molecule is CC1CCCC(O)(CNc2cc(Br)nc(C(C)(C)C)n2)C1. The van der Waals surface area contributed by atoms with E-state index in [1.807, 2.05) is 6.07 Å². The molecule has 1 fully saturated rings. The summed E-state index contributed by atoms with van der Waals surface area (Å²) in [6, 6.07) is 1.87. The van der Waals surface area contributed by atoms with Crippen molar-refractivity contribution in [2.24, 2.45) is 5.92 Å². The molecule has 0 saturated heterocycles. The van der Waals surface area contributed by atoms with Crippen LogP contribution in [0.15, 0.2) is 10.7 Å². The van der Waals surface area contributed by atoms with Crippen molar-refractivity contribution < 1.29 is 5.11 Å². The quantitative estimate of drug-likeness (QED) is 0.807. The van der Waals surface area contributed by atoms with Crippen LogP contribution in [0.4, 0.5) is 5.82 Å². The van der Waals surface area contributed by atoms with Crippen LogP contribution in [-0.4, -0.2) is 27.2 Å². The number of halogens is 1. The van der Waals surface area contributed by atoms with E-state index in [4.69, 9.17) is 0 Å². The van der Waals surface area contributed by atoms with Gasteiger partial charge in [-0.2, -0.15) is 0 Å². The molecule has 2 N–H and O–H groups in total. The lowest BCUT2D eigenvalue weighted by Gasteiger charge is -2.35. The summed E-state index contributed by atoms with van der Waals surface area (Å²) in [4.78, 5) is 9.01. The Hall–Kier alpha value is -0.680. The Kier molecular flexibility index (Phi) is 4.93. The highest BCUT2D eigenvalue weighted by Gasteiger charge is 2.32. The molecule has 1 aromatic heterocycles. The minimum atomic E-state index is -0.614. The molecule has 2 unspecified atom stereocenters. The molecule has 2 atom stereocenters. The Labute approximate surface area is 135 Å². The molecule has 1 aliphatic rings. The third-order valence-electron chi connectivity index (χ3n) is 4.03. The second-order valence-electron chi connectivity index (χ2n) is 7.43. The van der Waals surface area contributed by atoms with Gasteiger partial charge in [-0.05, 0) is 34.7 Å². The Bertz CT molecular complexity index is 501. The van der Waals surface area contributed by atoms with Crippen molar-refractivity contribution in [1.82, 2.24) is 9.97 Å². The topological polar surface area (TPSA) is 58.0 Å². The van der Waals surface area contributed by atoms with E-state index in [0.717, 1.165) is 35.5 Å². The fourth-order valence-electron chi connectivity index (χ4n) is 2.89. The van der Waals surface area contributed by atoms with E-state index in [9.17, 15) is 5.11 Å². The third kappa shape index (κ3) is 4.65. The Morgan fingerprint density at radius 1 is 1.43 bits per heavy atom. The molecular weight excluding hydrogens is 330 g/mol. The van der Waals surface area contributed by atoms with E-state index in [1.54, 1.807) is 0 Å². The van der Waals surface area contributed by atoms with Crippen molar-refractivity contribution in [2.45, 2.75) is 64.4 Å². The van der Waals surface area contributed by atoms with Crippen LogP contribution in [0.2, 0.25) is 0 Å². The number of aliphatic hydroxyl groups is 1. The molecule has 2 rings (SSSR count). The average Bonchev–Trinajstić information content (AvgIpc) is 2.34.